The molecule has 0 aromatic carbocycles. The molecule has 2 heterocycles. The monoisotopic (exact) mass is 190 g/mol. The highest BCUT2D eigenvalue weighted by Gasteiger charge is 2.21. The smallest absolute Gasteiger partial charge is 0.191 e. The number of nitrogens with zero attached hydrogens (tertiary/aromatic N) is 3. The fourth-order valence-electron chi connectivity index (χ4n) is 1.57. The van der Waals surface area contributed by atoms with E-state index in [0.717, 1.165) is 13.1 Å². The molecule has 2 N–H and O–H groups in total. The van der Waals surface area contributed by atoms with Gasteiger partial charge < -0.3 is 10.6 Å². The molecule has 1 aromatic heterocycles. The van der Waals surface area contributed by atoms with Crippen LogP contribution in [0.3, 0.4) is 0 Å². The van der Waals surface area contributed by atoms with Crippen molar-refractivity contribution in [2.45, 2.75) is 19.5 Å². The summed E-state index contributed by atoms with van der Waals surface area (Å²) in [5, 5.41) is 0. The van der Waals surface area contributed by atoms with E-state index in [2.05, 4.69) is 21.8 Å². The maximum atomic E-state index is 5.77. The lowest BCUT2D eigenvalue weighted by Crippen LogP contribution is -2.38. The number of guanidine groups is 1. The summed E-state index contributed by atoms with van der Waals surface area (Å²) in [7, 11) is 0. The molecule has 0 unspecified atom stereocenters. The normalized spacial score (nSPS) is 21.1. The lowest BCUT2D eigenvalue weighted by atomic mass is 10.2. The van der Waals surface area contributed by atoms with Crippen molar-refractivity contribution in [2.24, 2.45) is 10.7 Å². The summed E-state index contributed by atoms with van der Waals surface area (Å²) in [6, 6.07) is 4.38. The largest absolute Gasteiger partial charge is 0.370 e. The Labute approximate surface area is 83.5 Å². The Balaban J connectivity index is 2.08. The standard InChI is InChI=1S/C10H14N4/c1-8-5-13-10(11)14(8)7-9-3-2-4-12-6-9/h2-4,6,8H,5,7H2,1H3,(H2,11,13)/t8-/m0/s1. The molecule has 0 aliphatic carbocycles. The molecule has 0 spiro atoms. The predicted octanol–water partition coefficient (Wildman–Crippen LogP) is 0.600. The Morgan fingerprint density at radius 1 is 1.64 bits per heavy atom. The van der Waals surface area contributed by atoms with Crippen molar-refractivity contribution in [2.75, 3.05) is 6.54 Å². The Morgan fingerprint density at radius 2 is 2.50 bits per heavy atom. The maximum Gasteiger partial charge on any atom is 0.191 e. The Morgan fingerprint density at radius 3 is 3.07 bits per heavy atom. The second-order valence-electron chi connectivity index (χ2n) is 3.54. The average Bonchev–Trinajstić information content (AvgIpc) is 2.51. The predicted molar refractivity (Wildman–Crippen MR) is 55.7 cm³/mol. The van der Waals surface area contributed by atoms with Gasteiger partial charge >= 0.3 is 0 Å². The minimum Gasteiger partial charge on any atom is -0.370 e. The highest BCUT2D eigenvalue weighted by Crippen LogP contribution is 2.11. The summed E-state index contributed by atoms with van der Waals surface area (Å²) < 4.78 is 0. The first-order valence-corrected chi connectivity index (χ1v) is 4.73. The summed E-state index contributed by atoms with van der Waals surface area (Å²) >= 11 is 0. The van der Waals surface area contributed by atoms with Crippen LogP contribution < -0.4 is 5.73 Å². The minimum atomic E-state index is 0.398. The van der Waals surface area contributed by atoms with Gasteiger partial charge in [0.05, 0.1) is 6.54 Å². The van der Waals surface area contributed by atoms with Gasteiger partial charge in [0, 0.05) is 25.0 Å². The lowest BCUT2D eigenvalue weighted by Gasteiger charge is -2.22. The number of aromatic nitrogens is 1. The Bertz CT molecular complexity index is 333. The van der Waals surface area contributed by atoms with Crippen LogP contribution in [0.5, 0.6) is 0 Å². The second kappa shape index (κ2) is 3.65. The van der Waals surface area contributed by atoms with E-state index in [1.54, 1.807) is 6.20 Å². The third-order valence-corrected chi connectivity index (χ3v) is 2.42. The van der Waals surface area contributed by atoms with Gasteiger partial charge in [0.2, 0.25) is 0 Å². The lowest BCUT2D eigenvalue weighted by molar-refractivity contribution is 0.353. The summed E-state index contributed by atoms with van der Waals surface area (Å²) in [5.41, 5.74) is 6.94. The third kappa shape index (κ3) is 1.69. The molecule has 74 valence electrons. The van der Waals surface area contributed by atoms with Crippen molar-refractivity contribution in [3.05, 3.63) is 30.1 Å². The molecule has 4 nitrogen and oxygen atoms in total. The number of hydrogen-bond acceptors (Lipinski definition) is 4. The first-order valence-electron chi connectivity index (χ1n) is 4.73. The van der Waals surface area contributed by atoms with Gasteiger partial charge in [0.25, 0.3) is 0 Å². The molecule has 0 saturated heterocycles. The van der Waals surface area contributed by atoms with E-state index in [-0.39, 0.29) is 0 Å². The van der Waals surface area contributed by atoms with Gasteiger partial charge in [-0.15, -0.1) is 0 Å². The highest BCUT2D eigenvalue weighted by atomic mass is 15.3. The zero-order chi connectivity index (χ0) is 9.97. The number of aliphatic imine (C=N–C) groups is 1. The van der Waals surface area contributed by atoms with Gasteiger partial charge in [-0.05, 0) is 18.6 Å². The molecule has 1 aliphatic heterocycles. The molecule has 0 radical (unpaired) electrons. The van der Waals surface area contributed by atoms with E-state index in [4.69, 9.17) is 5.73 Å². The average molecular weight is 190 g/mol. The van der Waals surface area contributed by atoms with Crippen LogP contribution in [0.25, 0.3) is 0 Å². The van der Waals surface area contributed by atoms with Gasteiger partial charge in [-0.1, -0.05) is 6.07 Å². The Kier molecular flexibility index (Phi) is 2.35. The van der Waals surface area contributed by atoms with Gasteiger partial charge in [-0.3, -0.25) is 9.98 Å². The van der Waals surface area contributed by atoms with Crippen LogP contribution in [0.2, 0.25) is 0 Å². The minimum absolute atomic E-state index is 0.398. The molecular weight excluding hydrogens is 176 g/mol. The number of rotatable bonds is 2. The van der Waals surface area contributed by atoms with E-state index >= 15 is 0 Å². The molecule has 14 heavy (non-hydrogen) atoms. The van der Waals surface area contributed by atoms with E-state index in [0.29, 0.717) is 12.0 Å². The van der Waals surface area contributed by atoms with Crippen LogP contribution in [0.15, 0.2) is 29.5 Å². The topological polar surface area (TPSA) is 54.5 Å². The highest BCUT2D eigenvalue weighted by molar-refractivity contribution is 5.80. The van der Waals surface area contributed by atoms with Crippen LogP contribution in [0, 0.1) is 0 Å². The fourth-order valence-corrected chi connectivity index (χ4v) is 1.57. The Hall–Kier alpha value is -1.58. The molecule has 1 aromatic rings. The van der Waals surface area contributed by atoms with E-state index in [1.807, 2.05) is 18.3 Å². The van der Waals surface area contributed by atoms with Crippen molar-refractivity contribution in [1.82, 2.24) is 9.88 Å². The molecule has 4 heteroatoms. The zero-order valence-electron chi connectivity index (χ0n) is 8.22. The van der Waals surface area contributed by atoms with Crippen LogP contribution >= 0.6 is 0 Å². The van der Waals surface area contributed by atoms with E-state index in [1.165, 1.54) is 5.56 Å². The summed E-state index contributed by atoms with van der Waals surface area (Å²) in [6.45, 7) is 3.72. The van der Waals surface area contributed by atoms with Crippen molar-refractivity contribution >= 4 is 5.96 Å². The molecule has 2 rings (SSSR count). The van der Waals surface area contributed by atoms with Crippen molar-refractivity contribution in [3.63, 3.8) is 0 Å². The molecule has 0 saturated carbocycles. The first kappa shape index (κ1) is 8.99. The SMILES string of the molecule is C[C@H]1CN=C(N)N1Cc1cccnc1. The first-order chi connectivity index (χ1) is 6.77. The van der Waals surface area contributed by atoms with Crippen LogP contribution in [-0.4, -0.2) is 28.4 Å². The van der Waals surface area contributed by atoms with Crippen molar-refractivity contribution < 1.29 is 0 Å². The molecule has 0 bridgehead atoms. The van der Waals surface area contributed by atoms with Gasteiger partial charge in [-0.2, -0.15) is 0 Å². The fraction of sp³-hybridized carbons (Fsp3) is 0.400. The van der Waals surface area contributed by atoms with Gasteiger partial charge in [0.15, 0.2) is 5.96 Å². The molecule has 1 aliphatic rings. The van der Waals surface area contributed by atoms with Crippen molar-refractivity contribution in [1.29, 1.82) is 0 Å². The van der Waals surface area contributed by atoms with Crippen molar-refractivity contribution in [3.8, 4) is 0 Å². The quantitative estimate of drug-likeness (QED) is 0.743. The van der Waals surface area contributed by atoms with Crippen LogP contribution in [0.4, 0.5) is 0 Å². The van der Waals surface area contributed by atoms with E-state index in [9.17, 15) is 0 Å². The van der Waals surface area contributed by atoms with Gasteiger partial charge in [0.1, 0.15) is 0 Å². The summed E-state index contributed by atoms with van der Waals surface area (Å²) in [4.78, 5) is 10.4. The zero-order valence-corrected chi connectivity index (χ0v) is 8.22. The summed E-state index contributed by atoms with van der Waals surface area (Å²) in [5.74, 6) is 0.640. The third-order valence-electron chi connectivity index (χ3n) is 2.42. The number of pyridine rings is 1. The second-order valence-corrected chi connectivity index (χ2v) is 3.54. The van der Waals surface area contributed by atoms with E-state index < -0.39 is 0 Å². The molecule has 0 fully saturated rings. The summed E-state index contributed by atoms with van der Waals surface area (Å²) in [6.07, 6.45) is 3.63. The van der Waals surface area contributed by atoms with Gasteiger partial charge in [-0.25, -0.2) is 0 Å². The van der Waals surface area contributed by atoms with Crippen LogP contribution in [0.1, 0.15) is 12.5 Å². The number of nitrogens with two attached hydrogens (primary N) is 1. The maximum absolute atomic E-state index is 5.77. The number of hydrogen-bond donors (Lipinski definition) is 1. The van der Waals surface area contributed by atoms with Crippen LogP contribution in [-0.2, 0) is 6.54 Å². The molecular formula is C10H14N4. The molecule has 1 atom stereocenters. The molecule has 0 amide bonds.